The zero-order valence-electron chi connectivity index (χ0n) is 14.4. The van der Waals surface area contributed by atoms with Crippen molar-refractivity contribution in [3.05, 3.63) is 63.4 Å². The van der Waals surface area contributed by atoms with Gasteiger partial charge in [0.05, 0.1) is 27.9 Å². The summed E-state index contributed by atoms with van der Waals surface area (Å²) in [5, 5.41) is 13.5. The molecule has 0 unspecified atom stereocenters. The molecule has 1 N–H and O–H groups in total. The van der Waals surface area contributed by atoms with Crippen molar-refractivity contribution in [2.45, 2.75) is 0 Å². The number of rotatable bonds is 5. The predicted molar refractivity (Wildman–Crippen MR) is 102 cm³/mol. The van der Waals surface area contributed by atoms with Crippen LogP contribution in [-0.2, 0) is 4.79 Å². The van der Waals surface area contributed by atoms with Crippen LogP contribution in [0, 0.1) is 15.9 Å². The first kappa shape index (κ1) is 19.1. The third kappa shape index (κ3) is 4.72. The number of piperazine rings is 1. The number of nitrogens with one attached hydrogen (secondary N) is 1. The number of anilines is 2. The van der Waals surface area contributed by atoms with Crippen LogP contribution in [-0.4, -0.2) is 48.5 Å². The highest BCUT2D eigenvalue weighted by Crippen LogP contribution is 2.26. The number of hydrogen-bond acceptors (Lipinski definition) is 5. The van der Waals surface area contributed by atoms with Crippen LogP contribution < -0.4 is 10.2 Å². The lowest BCUT2D eigenvalue weighted by atomic mass is 10.2. The maximum atomic E-state index is 13.9. The zero-order valence-corrected chi connectivity index (χ0v) is 15.2. The summed E-state index contributed by atoms with van der Waals surface area (Å²) in [6, 6.07) is 10.5. The van der Waals surface area contributed by atoms with Gasteiger partial charge >= 0.3 is 0 Å². The van der Waals surface area contributed by atoms with Crippen molar-refractivity contribution in [2.24, 2.45) is 0 Å². The molecule has 0 atom stereocenters. The number of amides is 1. The Morgan fingerprint density at radius 2 is 1.89 bits per heavy atom. The molecule has 0 saturated carbocycles. The summed E-state index contributed by atoms with van der Waals surface area (Å²) >= 11 is 5.99. The van der Waals surface area contributed by atoms with Crippen molar-refractivity contribution >= 4 is 34.6 Å². The van der Waals surface area contributed by atoms with Crippen molar-refractivity contribution < 1.29 is 14.1 Å². The van der Waals surface area contributed by atoms with Gasteiger partial charge in [0.1, 0.15) is 5.82 Å². The molecule has 2 aromatic carbocycles. The van der Waals surface area contributed by atoms with Gasteiger partial charge in [-0.25, -0.2) is 4.39 Å². The van der Waals surface area contributed by atoms with Crippen LogP contribution in [0.1, 0.15) is 0 Å². The van der Waals surface area contributed by atoms with Gasteiger partial charge in [-0.2, -0.15) is 0 Å². The van der Waals surface area contributed by atoms with Gasteiger partial charge in [-0.1, -0.05) is 23.7 Å². The quantitative estimate of drug-likeness (QED) is 0.624. The molecule has 0 aromatic heterocycles. The maximum absolute atomic E-state index is 13.9. The molecule has 1 saturated heterocycles. The van der Waals surface area contributed by atoms with E-state index in [9.17, 15) is 19.3 Å². The number of hydrogen-bond donors (Lipinski definition) is 1. The fourth-order valence-electron chi connectivity index (χ4n) is 2.97. The lowest BCUT2D eigenvalue weighted by Gasteiger charge is -2.35. The zero-order chi connectivity index (χ0) is 19.4. The Hall–Kier alpha value is -2.71. The van der Waals surface area contributed by atoms with Gasteiger partial charge in [-0.3, -0.25) is 19.8 Å². The van der Waals surface area contributed by atoms with E-state index in [1.54, 1.807) is 18.2 Å². The molecule has 1 amide bonds. The number of nitro benzene ring substituents is 1. The van der Waals surface area contributed by atoms with E-state index in [-0.39, 0.29) is 29.0 Å². The van der Waals surface area contributed by atoms with Gasteiger partial charge in [-0.05, 0) is 18.2 Å². The second-order valence-corrected chi connectivity index (χ2v) is 6.59. The molecule has 2 aromatic rings. The van der Waals surface area contributed by atoms with Gasteiger partial charge in [0, 0.05) is 38.3 Å². The fraction of sp³-hybridized carbons (Fsp3) is 0.278. The first-order valence-corrected chi connectivity index (χ1v) is 8.77. The number of carbonyl (C=O) groups is 1. The molecule has 1 fully saturated rings. The van der Waals surface area contributed by atoms with Gasteiger partial charge in [0.2, 0.25) is 5.91 Å². The van der Waals surface area contributed by atoms with Crippen LogP contribution in [0.3, 0.4) is 0 Å². The summed E-state index contributed by atoms with van der Waals surface area (Å²) in [5.74, 6) is -0.512. The SMILES string of the molecule is O=C(CN1CCN(c2ccccc2F)CC1)Nc1ccc([N+](=O)[O-])cc1Cl. The Kier molecular flexibility index (Phi) is 5.88. The number of carbonyl (C=O) groups excluding carboxylic acids is 1. The molecule has 0 bridgehead atoms. The molecule has 27 heavy (non-hydrogen) atoms. The van der Waals surface area contributed by atoms with E-state index in [0.717, 1.165) is 0 Å². The number of benzene rings is 2. The highest BCUT2D eigenvalue weighted by molar-refractivity contribution is 6.34. The van der Waals surface area contributed by atoms with E-state index in [0.29, 0.717) is 37.6 Å². The maximum Gasteiger partial charge on any atom is 0.271 e. The molecule has 0 spiro atoms. The minimum atomic E-state index is -0.549. The topological polar surface area (TPSA) is 78.7 Å². The highest BCUT2D eigenvalue weighted by atomic mass is 35.5. The second-order valence-electron chi connectivity index (χ2n) is 6.18. The summed E-state index contributed by atoms with van der Waals surface area (Å²) in [6.45, 7) is 2.64. The van der Waals surface area contributed by atoms with Crippen LogP contribution >= 0.6 is 11.6 Å². The first-order chi connectivity index (χ1) is 12.9. The molecule has 0 aliphatic carbocycles. The Morgan fingerprint density at radius 1 is 1.19 bits per heavy atom. The Morgan fingerprint density at radius 3 is 2.52 bits per heavy atom. The van der Waals surface area contributed by atoms with Crippen LogP contribution in [0.4, 0.5) is 21.5 Å². The van der Waals surface area contributed by atoms with E-state index in [2.05, 4.69) is 5.32 Å². The average molecular weight is 393 g/mol. The number of para-hydroxylation sites is 1. The van der Waals surface area contributed by atoms with E-state index in [1.807, 2.05) is 9.80 Å². The molecule has 0 radical (unpaired) electrons. The van der Waals surface area contributed by atoms with Crippen molar-refractivity contribution in [1.29, 1.82) is 0 Å². The monoisotopic (exact) mass is 392 g/mol. The van der Waals surface area contributed by atoms with Crippen molar-refractivity contribution in [2.75, 3.05) is 42.9 Å². The Balaban J connectivity index is 1.53. The second kappa shape index (κ2) is 8.32. The summed E-state index contributed by atoms with van der Waals surface area (Å²) < 4.78 is 13.9. The highest BCUT2D eigenvalue weighted by Gasteiger charge is 2.21. The number of nitrogens with zero attached hydrogens (tertiary/aromatic N) is 3. The molecule has 1 aliphatic rings. The van der Waals surface area contributed by atoms with Gasteiger partial charge in [0.25, 0.3) is 5.69 Å². The molecule has 1 heterocycles. The van der Waals surface area contributed by atoms with Gasteiger partial charge in [0.15, 0.2) is 0 Å². The van der Waals surface area contributed by atoms with E-state index >= 15 is 0 Å². The Labute approximate surface area is 160 Å². The number of non-ortho nitro benzene ring substituents is 1. The minimum Gasteiger partial charge on any atom is -0.367 e. The first-order valence-electron chi connectivity index (χ1n) is 8.39. The molecule has 1 aliphatic heterocycles. The fourth-order valence-corrected chi connectivity index (χ4v) is 3.19. The summed E-state index contributed by atoms with van der Waals surface area (Å²) in [4.78, 5) is 26.3. The molecular weight excluding hydrogens is 375 g/mol. The van der Waals surface area contributed by atoms with Gasteiger partial charge in [-0.15, -0.1) is 0 Å². The molecule has 3 rings (SSSR count). The summed E-state index contributed by atoms with van der Waals surface area (Å²) in [6.07, 6.45) is 0. The van der Waals surface area contributed by atoms with Crippen LogP contribution in [0.5, 0.6) is 0 Å². The van der Waals surface area contributed by atoms with Crippen LogP contribution in [0.15, 0.2) is 42.5 Å². The van der Waals surface area contributed by atoms with Gasteiger partial charge < -0.3 is 10.2 Å². The lowest BCUT2D eigenvalue weighted by molar-refractivity contribution is -0.384. The smallest absolute Gasteiger partial charge is 0.271 e. The van der Waals surface area contributed by atoms with Crippen LogP contribution in [0.2, 0.25) is 5.02 Å². The van der Waals surface area contributed by atoms with E-state index in [4.69, 9.17) is 11.6 Å². The normalized spacial score (nSPS) is 14.8. The average Bonchev–Trinajstić information content (AvgIpc) is 2.64. The Bertz CT molecular complexity index is 856. The third-order valence-electron chi connectivity index (χ3n) is 4.37. The summed E-state index contributed by atoms with van der Waals surface area (Å²) in [7, 11) is 0. The summed E-state index contributed by atoms with van der Waals surface area (Å²) in [5.41, 5.74) is 0.763. The molecule has 7 nitrogen and oxygen atoms in total. The number of nitro groups is 1. The van der Waals surface area contributed by atoms with Crippen molar-refractivity contribution in [1.82, 2.24) is 4.90 Å². The lowest BCUT2D eigenvalue weighted by Crippen LogP contribution is -2.48. The van der Waals surface area contributed by atoms with E-state index < -0.39 is 4.92 Å². The minimum absolute atomic E-state index is 0.113. The molecule has 9 heteroatoms. The standard InChI is InChI=1S/C18H18ClFN4O3/c19-14-11-13(24(26)27)5-6-16(14)21-18(25)12-22-7-9-23(10-8-22)17-4-2-1-3-15(17)20/h1-6,11H,7-10,12H2,(H,21,25). The van der Waals surface area contributed by atoms with Crippen molar-refractivity contribution in [3.63, 3.8) is 0 Å². The van der Waals surface area contributed by atoms with E-state index in [1.165, 1.54) is 24.3 Å². The molecular formula is C18H18ClFN4O3. The molecule has 142 valence electrons. The number of halogens is 2. The van der Waals surface area contributed by atoms with Crippen molar-refractivity contribution in [3.8, 4) is 0 Å². The predicted octanol–water partition coefficient (Wildman–Crippen LogP) is 3.15. The third-order valence-corrected chi connectivity index (χ3v) is 4.68. The largest absolute Gasteiger partial charge is 0.367 e. The van der Waals surface area contributed by atoms with Crippen LogP contribution in [0.25, 0.3) is 0 Å².